The molecule has 172 valence electrons. The Hall–Kier alpha value is -2.18. The van der Waals surface area contributed by atoms with Crippen molar-refractivity contribution in [1.82, 2.24) is 15.6 Å². The van der Waals surface area contributed by atoms with Crippen molar-refractivity contribution in [3.05, 3.63) is 76.8 Å². The van der Waals surface area contributed by atoms with E-state index in [4.69, 9.17) is 0 Å². The van der Waals surface area contributed by atoms with Crippen molar-refractivity contribution in [2.75, 3.05) is 13.7 Å². The third-order valence-corrected chi connectivity index (χ3v) is 5.19. The number of hydrogen-bond acceptors (Lipinski definition) is 4. The van der Waals surface area contributed by atoms with Gasteiger partial charge in [0.25, 0.3) is 0 Å². The highest BCUT2D eigenvalue weighted by atomic mass is 127. The fraction of sp³-hybridized carbons (Fsp3) is 0.273. The van der Waals surface area contributed by atoms with Crippen LogP contribution in [0, 0.1) is 0 Å². The van der Waals surface area contributed by atoms with Crippen LogP contribution in [-0.4, -0.2) is 30.8 Å². The molecular weight excluding hydrogens is 552 g/mol. The molecule has 0 amide bonds. The number of nitrogens with one attached hydrogen (secondary N) is 2. The zero-order chi connectivity index (χ0) is 22.1. The second-order valence-electron chi connectivity index (χ2n) is 6.71. The number of aliphatic imine (C=N–C) groups is 1. The molecule has 2 aromatic carbocycles. The minimum atomic E-state index is -4.31. The summed E-state index contributed by atoms with van der Waals surface area (Å²) in [5.41, 5.74) is 3.68. The van der Waals surface area contributed by atoms with Crippen molar-refractivity contribution >= 4 is 41.3 Å². The molecule has 0 unspecified atom stereocenters. The van der Waals surface area contributed by atoms with E-state index < -0.39 is 12.8 Å². The highest BCUT2D eigenvalue weighted by Gasteiger charge is 2.27. The van der Waals surface area contributed by atoms with E-state index in [1.165, 1.54) is 0 Å². The number of hydrogen-bond donors (Lipinski definition) is 2. The molecule has 5 nitrogen and oxygen atoms in total. The monoisotopic (exact) mass is 576 g/mol. The summed E-state index contributed by atoms with van der Waals surface area (Å²) in [6, 6.07) is 17.2. The van der Waals surface area contributed by atoms with Crippen LogP contribution in [-0.2, 0) is 24.4 Å². The standard InChI is InChI=1S/C22H23F3N4OS.HI/c1-26-21(28-12-19-14-31-20(29-19)18-5-3-2-4-6-18)27-11-16-7-9-17(10-8-16)13-30-15-22(23,24)25;/h2-10,14H,11-13,15H2,1H3,(H2,26,27,28);1H. The van der Waals surface area contributed by atoms with Crippen LogP contribution in [0.1, 0.15) is 16.8 Å². The van der Waals surface area contributed by atoms with E-state index in [0.29, 0.717) is 24.6 Å². The summed E-state index contributed by atoms with van der Waals surface area (Å²) in [6.45, 7) is -0.257. The van der Waals surface area contributed by atoms with Gasteiger partial charge in [0.1, 0.15) is 11.6 Å². The summed E-state index contributed by atoms with van der Waals surface area (Å²) in [6.07, 6.45) is -4.31. The van der Waals surface area contributed by atoms with Crippen molar-refractivity contribution in [2.45, 2.75) is 25.9 Å². The van der Waals surface area contributed by atoms with Crippen LogP contribution in [0.5, 0.6) is 0 Å². The van der Waals surface area contributed by atoms with Crippen molar-refractivity contribution in [3.8, 4) is 10.6 Å². The van der Waals surface area contributed by atoms with E-state index in [1.54, 1.807) is 30.5 Å². The zero-order valence-corrected chi connectivity index (χ0v) is 20.5. The van der Waals surface area contributed by atoms with Crippen molar-refractivity contribution in [1.29, 1.82) is 0 Å². The summed E-state index contributed by atoms with van der Waals surface area (Å²) < 4.78 is 41.1. The molecule has 0 saturated carbocycles. The van der Waals surface area contributed by atoms with Gasteiger partial charge in [-0.2, -0.15) is 13.2 Å². The van der Waals surface area contributed by atoms with Gasteiger partial charge in [0, 0.05) is 24.5 Å². The Labute approximate surface area is 206 Å². The highest BCUT2D eigenvalue weighted by molar-refractivity contribution is 14.0. The highest BCUT2D eigenvalue weighted by Crippen LogP contribution is 2.23. The summed E-state index contributed by atoms with van der Waals surface area (Å²) in [4.78, 5) is 8.85. The molecule has 10 heteroatoms. The predicted molar refractivity (Wildman–Crippen MR) is 132 cm³/mol. The zero-order valence-electron chi connectivity index (χ0n) is 17.4. The second-order valence-corrected chi connectivity index (χ2v) is 7.57. The Balaban J connectivity index is 0.00000363. The minimum absolute atomic E-state index is 0. The molecule has 3 aromatic rings. The first kappa shape index (κ1) is 26.1. The fourth-order valence-electron chi connectivity index (χ4n) is 2.72. The number of halogens is 4. The van der Waals surface area contributed by atoms with Gasteiger partial charge in [0.05, 0.1) is 18.8 Å². The largest absolute Gasteiger partial charge is 0.411 e. The summed E-state index contributed by atoms with van der Waals surface area (Å²) in [5.74, 6) is 0.631. The van der Waals surface area contributed by atoms with Gasteiger partial charge in [-0.1, -0.05) is 54.6 Å². The maximum Gasteiger partial charge on any atom is 0.411 e. The minimum Gasteiger partial charge on any atom is -0.367 e. The Bertz CT molecular complexity index is 979. The predicted octanol–water partition coefficient (Wildman–Crippen LogP) is 5.37. The molecule has 0 atom stereocenters. The smallest absolute Gasteiger partial charge is 0.367 e. The van der Waals surface area contributed by atoms with E-state index in [0.717, 1.165) is 21.8 Å². The van der Waals surface area contributed by atoms with E-state index in [1.807, 2.05) is 47.8 Å². The number of aromatic nitrogens is 1. The summed E-state index contributed by atoms with van der Waals surface area (Å²) >= 11 is 1.60. The molecule has 0 saturated heterocycles. The first-order valence-electron chi connectivity index (χ1n) is 9.59. The van der Waals surface area contributed by atoms with E-state index in [2.05, 4.69) is 25.3 Å². The number of nitrogens with zero attached hydrogens (tertiary/aromatic N) is 2. The van der Waals surface area contributed by atoms with Gasteiger partial charge in [0.15, 0.2) is 5.96 Å². The van der Waals surface area contributed by atoms with Gasteiger partial charge in [0.2, 0.25) is 0 Å². The third kappa shape index (κ3) is 8.75. The van der Waals surface area contributed by atoms with Crippen molar-refractivity contribution in [2.24, 2.45) is 4.99 Å². The SMILES string of the molecule is CN=C(NCc1ccc(COCC(F)(F)F)cc1)NCc1csc(-c2ccccc2)n1.I. The average Bonchev–Trinajstić information content (AvgIpc) is 3.24. The van der Waals surface area contributed by atoms with Crippen LogP contribution in [0.25, 0.3) is 10.6 Å². The van der Waals surface area contributed by atoms with Crippen LogP contribution in [0.4, 0.5) is 13.2 Å². The summed E-state index contributed by atoms with van der Waals surface area (Å²) in [5, 5.41) is 9.43. The quantitative estimate of drug-likeness (QED) is 0.215. The lowest BCUT2D eigenvalue weighted by atomic mass is 10.1. The average molecular weight is 576 g/mol. The number of benzene rings is 2. The topological polar surface area (TPSA) is 58.5 Å². The molecule has 0 aliphatic heterocycles. The molecule has 0 radical (unpaired) electrons. The molecule has 1 aromatic heterocycles. The fourth-order valence-corrected chi connectivity index (χ4v) is 3.55. The van der Waals surface area contributed by atoms with Crippen LogP contribution in [0.2, 0.25) is 0 Å². The Morgan fingerprint density at radius 1 is 1.00 bits per heavy atom. The molecule has 2 N–H and O–H groups in total. The third-order valence-electron chi connectivity index (χ3n) is 4.25. The van der Waals surface area contributed by atoms with Crippen LogP contribution < -0.4 is 10.6 Å². The molecule has 3 rings (SSSR count). The van der Waals surface area contributed by atoms with Gasteiger partial charge < -0.3 is 15.4 Å². The van der Waals surface area contributed by atoms with Gasteiger partial charge >= 0.3 is 6.18 Å². The van der Waals surface area contributed by atoms with Gasteiger partial charge in [-0.15, -0.1) is 35.3 Å². The molecule has 0 aliphatic rings. The molecule has 32 heavy (non-hydrogen) atoms. The molecule has 0 aliphatic carbocycles. The Morgan fingerprint density at radius 3 is 2.31 bits per heavy atom. The number of thiazole rings is 1. The number of guanidine groups is 1. The lowest BCUT2D eigenvalue weighted by Gasteiger charge is -2.12. The molecule has 0 spiro atoms. The van der Waals surface area contributed by atoms with Crippen molar-refractivity contribution < 1.29 is 17.9 Å². The van der Waals surface area contributed by atoms with Gasteiger partial charge in [-0.3, -0.25) is 4.99 Å². The first-order chi connectivity index (χ1) is 14.9. The van der Waals surface area contributed by atoms with Crippen LogP contribution >= 0.6 is 35.3 Å². The maximum atomic E-state index is 12.1. The lowest BCUT2D eigenvalue weighted by molar-refractivity contribution is -0.176. The molecule has 0 fully saturated rings. The van der Waals surface area contributed by atoms with Crippen LogP contribution in [0.15, 0.2) is 65.0 Å². The number of alkyl halides is 3. The van der Waals surface area contributed by atoms with Crippen molar-refractivity contribution in [3.63, 3.8) is 0 Å². The molecule has 1 heterocycles. The van der Waals surface area contributed by atoms with Gasteiger partial charge in [-0.05, 0) is 11.1 Å². The molecule has 0 bridgehead atoms. The first-order valence-corrected chi connectivity index (χ1v) is 10.5. The van der Waals surface area contributed by atoms with Crippen LogP contribution in [0.3, 0.4) is 0 Å². The number of ether oxygens (including phenoxy) is 1. The Kier molecular flexibility index (Phi) is 10.4. The van der Waals surface area contributed by atoms with Gasteiger partial charge in [-0.25, -0.2) is 4.98 Å². The Morgan fingerprint density at radius 2 is 1.66 bits per heavy atom. The molecular formula is C22H24F3IN4OS. The number of rotatable bonds is 8. The second kappa shape index (κ2) is 12.8. The van der Waals surface area contributed by atoms with E-state index in [9.17, 15) is 13.2 Å². The van der Waals surface area contributed by atoms with E-state index in [-0.39, 0.29) is 30.6 Å². The van der Waals surface area contributed by atoms with E-state index >= 15 is 0 Å². The summed E-state index contributed by atoms with van der Waals surface area (Å²) in [7, 11) is 1.69. The lowest BCUT2D eigenvalue weighted by Crippen LogP contribution is -2.36. The normalized spacial score (nSPS) is 11.7. The maximum absolute atomic E-state index is 12.1.